The molecule has 36 heavy (non-hydrogen) atoms. The largest absolute Gasteiger partial charge is 0.368 e. The number of primary amides is 1. The summed E-state index contributed by atoms with van der Waals surface area (Å²) in [6.45, 7) is 4.24. The van der Waals surface area contributed by atoms with Crippen LogP contribution in [0.1, 0.15) is 70.8 Å². The summed E-state index contributed by atoms with van der Waals surface area (Å²) in [5.74, 6) is -3.81. The van der Waals surface area contributed by atoms with Crippen molar-refractivity contribution in [2.45, 2.75) is 77.0 Å². The maximum atomic E-state index is 13.6. The highest BCUT2D eigenvalue weighted by Gasteiger charge is 2.56. The third-order valence-electron chi connectivity index (χ3n) is 6.63. The SMILES string of the molecule is CC(C)C[C@](C(N)=O)([C@H](C/C=C/c1ccccc1)C(=O)NOC1CCCCO1)N1C(=O)CCCC1=O. The van der Waals surface area contributed by atoms with Gasteiger partial charge in [0.05, 0.1) is 5.92 Å². The molecule has 1 aromatic rings. The number of hydroxylamine groups is 1. The minimum atomic E-state index is -1.84. The number of imide groups is 1. The smallest absolute Gasteiger partial charge is 0.250 e. The second-order valence-electron chi connectivity index (χ2n) is 9.84. The number of benzene rings is 1. The Balaban J connectivity index is 1.99. The Hall–Kier alpha value is -3.04. The van der Waals surface area contributed by atoms with Gasteiger partial charge in [-0.15, -0.1) is 0 Å². The lowest BCUT2D eigenvalue weighted by Crippen LogP contribution is -2.69. The molecule has 0 aliphatic carbocycles. The third kappa shape index (κ3) is 6.59. The van der Waals surface area contributed by atoms with Crippen LogP contribution in [-0.2, 0) is 28.8 Å². The van der Waals surface area contributed by atoms with E-state index in [9.17, 15) is 19.2 Å². The van der Waals surface area contributed by atoms with Crippen LogP contribution in [0.25, 0.3) is 6.08 Å². The Bertz CT molecular complexity index is 942. The van der Waals surface area contributed by atoms with Gasteiger partial charge in [0, 0.05) is 25.9 Å². The van der Waals surface area contributed by atoms with Crippen LogP contribution in [0.4, 0.5) is 0 Å². The van der Waals surface area contributed by atoms with Crippen molar-refractivity contribution in [3.63, 3.8) is 0 Å². The lowest BCUT2D eigenvalue weighted by Gasteiger charge is -2.46. The van der Waals surface area contributed by atoms with E-state index in [0.29, 0.717) is 19.4 Å². The number of hydrogen-bond acceptors (Lipinski definition) is 6. The van der Waals surface area contributed by atoms with Crippen LogP contribution in [0.5, 0.6) is 0 Å². The van der Waals surface area contributed by atoms with E-state index in [-0.39, 0.29) is 31.6 Å². The van der Waals surface area contributed by atoms with E-state index in [1.165, 1.54) is 0 Å². The highest BCUT2D eigenvalue weighted by atomic mass is 16.8. The van der Waals surface area contributed by atoms with E-state index in [4.69, 9.17) is 15.3 Å². The van der Waals surface area contributed by atoms with E-state index in [2.05, 4.69) is 5.48 Å². The number of likely N-dealkylation sites (tertiary alicyclic amines) is 1. The van der Waals surface area contributed by atoms with E-state index >= 15 is 0 Å². The summed E-state index contributed by atoms with van der Waals surface area (Å²) in [5, 5.41) is 0. The Labute approximate surface area is 212 Å². The molecule has 0 aromatic heterocycles. The predicted octanol–water partition coefficient (Wildman–Crippen LogP) is 3.09. The van der Waals surface area contributed by atoms with E-state index < -0.39 is 41.4 Å². The number of rotatable bonds is 11. The topological polar surface area (TPSA) is 128 Å². The van der Waals surface area contributed by atoms with Crippen molar-refractivity contribution < 1.29 is 28.8 Å². The molecule has 196 valence electrons. The monoisotopic (exact) mass is 499 g/mol. The van der Waals surface area contributed by atoms with Crippen molar-refractivity contribution in [3.8, 4) is 0 Å². The van der Waals surface area contributed by atoms with Crippen LogP contribution in [0.2, 0.25) is 0 Å². The van der Waals surface area contributed by atoms with Crippen molar-refractivity contribution in [1.29, 1.82) is 0 Å². The van der Waals surface area contributed by atoms with E-state index in [1.807, 2.05) is 50.3 Å². The summed E-state index contributed by atoms with van der Waals surface area (Å²) in [4.78, 5) is 59.5. The fourth-order valence-electron chi connectivity index (χ4n) is 5.02. The first kappa shape index (κ1) is 27.5. The molecule has 1 aromatic carbocycles. The summed E-state index contributed by atoms with van der Waals surface area (Å²) in [6.07, 6.45) is 6.15. The molecule has 3 rings (SSSR count). The first-order valence-electron chi connectivity index (χ1n) is 12.7. The number of carbonyl (C=O) groups is 4. The molecule has 9 nitrogen and oxygen atoms in total. The van der Waals surface area contributed by atoms with Crippen molar-refractivity contribution in [1.82, 2.24) is 10.4 Å². The minimum absolute atomic E-state index is 0.0526. The van der Waals surface area contributed by atoms with Crippen molar-refractivity contribution >= 4 is 29.7 Å². The van der Waals surface area contributed by atoms with Gasteiger partial charge in [-0.1, -0.05) is 56.3 Å². The van der Waals surface area contributed by atoms with Gasteiger partial charge in [0.15, 0.2) is 6.29 Å². The number of hydrogen-bond donors (Lipinski definition) is 2. The molecule has 2 aliphatic heterocycles. The first-order chi connectivity index (χ1) is 17.3. The maximum Gasteiger partial charge on any atom is 0.250 e. The number of nitrogens with two attached hydrogens (primary N) is 1. The Morgan fingerprint density at radius 3 is 2.44 bits per heavy atom. The summed E-state index contributed by atoms with van der Waals surface area (Å²) in [7, 11) is 0. The Kier molecular flexibility index (Phi) is 9.78. The van der Waals surface area contributed by atoms with Gasteiger partial charge in [0.2, 0.25) is 23.6 Å². The highest BCUT2D eigenvalue weighted by Crippen LogP contribution is 2.38. The zero-order valence-electron chi connectivity index (χ0n) is 21.1. The fourth-order valence-corrected chi connectivity index (χ4v) is 5.02. The van der Waals surface area contributed by atoms with Crippen molar-refractivity contribution in [2.24, 2.45) is 17.6 Å². The van der Waals surface area contributed by atoms with Crippen LogP contribution in [-0.4, -0.2) is 47.0 Å². The quantitative estimate of drug-likeness (QED) is 0.356. The molecule has 1 unspecified atom stereocenters. The van der Waals surface area contributed by atoms with Crippen LogP contribution in [0.15, 0.2) is 36.4 Å². The van der Waals surface area contributed by atoms with Gasteiger partial charge in [-0.3, -0.25) is 24.1 Å². The number of carbonyl (C=O) groups excluding carboxylic acids is 4. The predicted molar refractivity (Wildman–Crippen MR) is 133 cm³/mol. The van der Waals surface area contributed by atoms with E-state index in [1.54, 1.807) is 6.08 Å². The number of nitrogens with zero attached hydrogens (tertiary/aromatic N) is 1. The summed E-state index contributed by atoms with van der Waals surface area (Å²) in [6, 6.07) is 9.48. The van der Waals surface area contributed by atoms with Crippen LogP contribution in [0, 0.1) is 11.8 Å². The fraction of sp³-hybridized carbons (Fsp3) is 0.556. The molecule has 9 heteroatoms. The average molecular weight is 500 g/mol. The van der Waals surface area contributed by atoms with Gasteiger partial charge >= 0.3 is 0 Å². The standard InChI is InChI=1S/C27H37N3O6/c1-19(2)18-27(26(28)34,30-22(31)14-9-15-23(30)32)21(13-8-12-20-10-4-3-5-11-20)25(33)29-36-24-16-6-7-17-35-24/h3-5,8,10-12,19,21,24H,6-7,9,13-18H2,1-2H3,(H2,28,34)(H,29,33)/b12-8+/t21-,24?,27-/m1/s1. The summed E-state index contributed by atoms with van der Waals surface area (Å²) in [5.41, 5.74) is 7.49. The van der Waals surface area contributed by atoms with Gasteiger partial charge in [-0.05, 0) is 43.6 Å². The zero-order valence-corrected chi connectivity index (χ0v) is 21.1. The van der Waals surface area contributed by atoms with Gasteiger partial charge in [-0.25, -0.2) is 10.3 Å². The second kappa shape index (κ2) is 12.8. The molecule has 2 fully saturated rings. The van der Waals surface area contributed by atoms with Gasteiger partial charge in [-0.2, -0.15) is 0 Å². The second-order valence-corrected chi connectivity index (χ2v) is 9.84. The molecule has 0 radical (unpaired) electrons. The van der Waals surface area contributed by atoms with Gasteiger partial charge < -0.3 is 10.5 Å². The molecule has 3 N–H and O–H groups in total. The summed E-state index contributed by atoms with van der Waals surface area (Å²) >= 11 is 0. The lowest BCUT2D eigenvalue weighted by molar-refractivity contribution is -0.204. The lowest BCUT2D eigenvalue weighted by atomic mass is 9.72. The molecule has 0 spiro atoms. The molecule has 4 amide bonds. The maximum absolute atomic E-state index is 13.6. The van der Waals surface area contributed by atoms with Crippen molar-refractivity contribution in [3.05, 3.63) is 42.0 Å². The van der Waals surface area contributed by atoms with Crippen molar-refractivity contribution in [2.75, 3.05) is 6.61 Å². The number of piperidine rings is 1. The zero-order chi connectivity index (χ0) is 26.1. The van der Waals surface area contributed by atoms with Crippen LogP contribution < -0.4 is 11.2 Å². The normalized spacial score (nSPS) is 21.4. The van der Waals surface area contributed by atoms with Crippen LogP contribution >= 0.6 is 0 Å². The number of ether oxygens (including phenoxy) is 1. The molecule has 2 heterocycles. The van der Waals surface area contributed by atoms with Gasteiger partial charge in [0.1, 0.15) is 5.54 Å². The number of nitrogens with one attached hydrogen (secondary N) is 1. The minimum Gasteiger partial charge on any atom is -0.368 e. The third-order valence-corrected chi connectivity index (χ3v) is 6.63. The average Bonchev–Trinajstić information content (AvgIpc) is 2.85. The Morgan fingerprint density at radius 2 is 1.86 bits per heavy atom. The molecule has 3 atom stereocenters. The first-order valence-corrected chi connectivity index (χ1v) is 12.7. The molecular weight excluding hydrogens is 462 g/mol. The molecular formula is C27H37N3O6. The summed E-state index contributed by atoms with van der Waals surface area (Å²) < 4.78 is 5.53. The van der Waals surface area contributed by atoms with E-state index in [0.717, 1.165) is 23.3 Å². The number of amides is 4. The molecule has 0 bridgehead atoms. The van der Waals surface area contributed by atoms with Gasteiger partial charge in [0.25, 0.3) is 0 Å². The molecule has 2 saturated heterocycles. The Morgan fingerprint density at radius 1 is 1.17 bits per heavy atom. The van der Waals surface area contributed by atoms with Crippen LogP contribution in [0.3, 0.4) is 0 Å². The molecule has 2 aliphatic rings. The number of allylic oxidation sites excluding steroid dienone is 1. The highest BCUT2D eigenvalue weighted by molar-refractivity contribution is 6.06. The molecule has 0 saturated carbocycles.